The van der Waals surface area contributed by atoms with Crippen LogP contribution in [-0.4, -0.2) is 47.2 Å². The summed E-state index contributed by atoms with van der Waals surface area (Å²) in [6.07, 6.45) is 3.18. The van der Waals surface area contributed by atoms with Crippen molar-refractivity contribution in [2.45, 2.75) is 25.9 Å². The molecular formula is C24H25N7O3. The number of nitrogens with zero attached hydrogens (tertiary/aromatic N) is 5. The van der Waals surface area contributed by atoms with Crippen LogP contribution in [-0.2, 0) is 4.79 Å². The number of benzene rings is 2. The number of ether oxygens (including phenoxy) is 2. The summed E-state index contributed by atoms with van der Waals surface area (Å²) in [5, 5.41) is 15.0. The molecule has 3 aromatic rings. The Morgan fingerprint density at radius 3 is 2.82 bits per heavy atom. The van der Waals surface area contributed by atoms with Crippen molar-refractivity contribution in [3.8, 4) is 17.6 Å². The lowest BCUT2D eigenvalue weighted by molar-refractivity contribution is -0.114. The molecule has 1 fully saturated rings. The molecule has 0 saturated carbocycles. The van der Waals surface area contributed by atoms with Gasteiger partial charge in [-0.1, -0.05) is 6.07 Å². The van der Waals surface area contributed by atoms with E-state index in [9.17, 15) is 4.79 Å². The number of carbonyl (C=O) groups excluding carboxylic acids is 1. The first-order valence-corrected chi connectivity index (χ1v) is 10.9. The summed E-state index contributed by atoms with van der Waals surface area (Å²) in [6, 6.07) is 14.6. The molecule has 2 aromatic carbocycles. The molecule has 1 amide bonds. The predicted molar refractivity (Wildman–Crippen MR) is 127 cm³/mol. The fourth-order valence-corrected chi connectivity index (χ4v) is 3.74. The fraction of sp³-hybridized carbons (Fsp3) is 0.292. The lowest BCUT2D eigenvalue weighted by atomic mass is 10.1. The molecule has 10 nitrogen and oxygen atoms in total. The molecule has 10 heteroatoms. The van der Waals surface area contributed by atoms with Gasteiger partial charge in [-0.2, -0.15) is 10.2 Å². The minimum atomic E-state index is -0.139. The van der Waals surface area contributed by atoms with E-state index in [1.165, 1.54) is 13.3 Å². The van der Waals surface area contributed by atoms with Gasteiger partial charge in [0.2, 0.25) is 17.8 Å². The summed E-state index contributed by atoms with van der Waals surface area (Å²) in [6.45, 7) is 2.86. The minimum absolute atomic E-state index is 0.0851. The number of carbonyl (C=O) groups is 1. The average molecular weight is 460 g/mol. The van der Waals surface area contributed by atoms with E-state index in [1.54, 1.807) is 31.4 Å². The molecule has 0 spiro atoms. The summed E-state index contributed by atoms with van der Waals surface area (Å²) in [5.41, 5.74) is 1.94. The van der Waals surface area contributed by atoms with Gasteiger partial charge in [-0.3, -0.25) is 4.79 Å². The zero-order valence-electron chi connectivity index (χ0n) is 19.0. The third-order valence-corrected chi connectivity index (χ3v) is 5.25. The normalized spacial score (nSPS) is 15.2. The Bertz CT molecular complexity index is 1210. The highest BCUT2D eigenvalue weighted by Crippen LogP contribution is 2.31. The maximum atomic E-state index is 11.3. The Hall–Kier alpha value is -4.39. The van der Waals surface area contributed by atoms with Gasteiger partial charge < -0.3 is 25.0 Å². The Morgan fingerprint density at radius 2 is 2.03 bits per heavy atom. The van der Waals surface area contributed by atoms with E-state index in [1.807, 2.05) is 18.2 Å². The lowest BCUT2D eigenvalue weighted by Gasteiger charge is -2.33. The molecule has 0 bridgehead atoms. The number of nitriles is 1. The maximum absolute atomic E-state index is 11.3. The molecule has 1 atom stereocenters. The smallest absolute Gasteiger partial charge is 0.231 e. The van der Waals surface area contributed by atoms with E-state index in [2.05, 4.69) is 36.6 Å². The van der Waals surface area contributed by atoms with Crippen molar-refractivity contribution >= 4 is 29.2 Å². The molecule has 0 aliphatic carbocycles. The van der Waals surface area contributed by atoms with E-state index in [0.29, 0.717) is 41.2 Å². The second kappa shape index (κ2) is 10.5. The van der Waals surface area contributed by atoms with Crippen LogP contribution in [0.4, 0.5) is 23.3 Å². The third-order valence-electron chi connectivity index (χ3n) is 5.25. The second-order valence-electron chi connectivity index (χ2n) is 7.80. The molecular weight excluding hydrogens is 434 g/mol. The number of nitrogens with one attached hydrogen (secondary N) is 2. The van der Waals surface area contributed by atoms with Crippen LogP contribution in [0.2, 0.25) is 0 Å². The number of methoxy groups -OCH3 is 1. The van der Waals surface area contributed by atoms with Crippen LogP contribution in [0.5, 0.6) is 11.5 Å². The number of amides is 1. The molecule has 1 aliphatic heterocycles. The van der Waals surface area contributed by atoms with Gasteiger partial charge >= 0.3 is 0 Å². The minimum Gasteiger partial charge on any atom is -0.493 e. The van der Waals surface area contributed by atoms with Crippen LogP contribution in [0, 0.1) is 11.3 Å². The molecule has 1 unspecified atom stereocenters. The Kier molecular flexibility index (Phi) is 7.03. The van der Waals surface area contributed by atoms with Crippen molar-refractivity contribution in [3.63, 3.8) is 0 Å². The molecule has 0 radical (unpaired) electrons. The average Bonchev–Trinajstić information content (AvgIpc) is 2.84. The molecule has 174 valence electrons. The number of aromatic nitrogens is 3. The fourth-order valence-electron chi connectivity index (χ4n) is 3.74. The van der Waals surface area contributed by atoms with Crippen molar-refractivity contribution < 1.29 is 14.3 Å². The van der Waals surface area contributed by atoms with Crippen LogP contribution < -0.4 is 25.0 Å². The van der Waals surface area contributed by atoms with Gasteiger partial charge in [0.05, 0.1) is 25.3 Å². The molecule has 2 heterocycles. The maximum Gasteiger partial charge on any atom is 0.231 e. The van der Waals surface area contributed by atoms with Gasteiger partial charge in [-0.05, 0) is 43.2 Å². The first kappa shape index (κ1) is 22.8. The van der Waals surface area contributed by atoms with E-state index in [4.69, 9.17) is 14.7 Å². The topological polar surface area (TPSA) is 125 Å². The molecule has 2 N–H and O–H groups in total. The molecule has 1 aliphatic rings. The molecule has 1 aromatic heterocycles. The van der Waals surface area contributed by atoms with Gasteiger partial charge in [0, 0.05) is 30.9 Å². The largest absolute Gasteiger partial charge is 0.493 e. The molecule has 1 saturated heterocycles. The highest BCUT2D eigenvalue weighted by Gasteiger charge is 2.24. The van der Waals surface area contributed by atoms with Gasteiger partial charge in [-0.25, -0.2) is 9.97 Å². The van der Waals surface area contributed by atoms with E-state index in [0.717, 1.165) is 25.1 Å². The Labute approximate surface area is 197 Å². The van der Waals surface area contributed by atoms with E-state index < -0.39 is 0 Å². The number of rotatable bonds is 7. The second-order valence-corrected chi connectivity index (χ2v) is 7.80. The summed E-state index contributed by atoms with van der Waals surface area (Å²) in [5.74, 6) is 1.95. The van der Waals surface area contributed by atoms with Crippen LogP contribution in [0.25, 0.3) is 0 Å². The number of anilines is 4. The van der Waals surface area contributed by atoms with Crippen LogP contribution >= 0.6 is 0 Å². The van der Waals surface area contributed by atoms with Crippen molar-refractivity contribution in [1.82, 2.24) is 15.0 Å². The summed E-state index contributed by atoms with van der Waals surface area (Å²) < 4.78 is 11.6. The lowest BCUT2D eigenvalue weighted by Crippen LogP contribution is -2.42. The van der Waals surface area contributed by atoms with Crippen molar-refractivity contribution in [1.29, 1.82) is 5.26 Å². The van der Waals surface area contributed by atoms with Crippen LogP contribution in [0.15, 0.2) is 48.8 Å². The zero-order chi connectivity index (χ0) is 23.9. The Morgan fingerprint density at radius 1 is 1.18 bits per heavy atom. The third kappa shape index (κ3) is 5.69. The van der Waals surface area contributed by atoms with Crippen LogP contribution in [0.1, 0.15) is 25.3 Å². The van der Waals surface area contributed by atoms with Crippen molar-refractivity contribution in [2.75, 3.05) is 35.7 Å². The Balaban J connectivity index is 1.44. The van der Waals surface area contributed by atoms with Gasteiger partial charge in [-0.15, -0.1) is 0 Å². The number of hydrogen-bond donors (Lipinski definition) is 2. The highest BCUT2D eigenvalue weighted by atomic mass is 16.5. The highest BCUT2D eigenvalue weighted by molar-refractivity contribution is 5.89. The monoisotopic (exact) mass is 459 g/mol. The van der Waals surface area contributed by atoms with Gasteiger partial charge in [0.1, 0.15) is 12.4 Å². The first-order valence-electron chi connectivity index (χ1n) is 10.9. The summed E-state index contributed by atoms with van der Waals surface area (Å²) in [7, 11) is 1.56. The van der Waals surface area contributed by atoms with E-state index in [-0.39, 0.29) is 12.0 Å². The van der Waals surface area contributed by atoms with Gasteiger partial charge in [0.25, 0.3) is 0 Å². The number of piperidine rings is 1. The number of hydrogen-bond acceptors (Lipinski definition) is 9. The molecule has 34 heavy (non-hydrogen) atoms. The quantitative estimate of drug-likeness (QED) is 0.546. The predicted octanol–water partition coefficient (Wildman–Crippen LogP) is 3.50. The molecule has 4 rings (SSSR count). The zero-order valence-corrected chi connectivity index (χ0v) is 19.0. The summed E-state index contributed by atoms with van der Waals surface area (Å²) >= 11 is 0. The summed E-state index contributed by atoms with van der Waals surface area (Å²) in [4.78, 5) is 26.5. The van der Waals surface area contributed by atoms with Gasteiger partial charge in [0.15, 0.2) is 11.5 Å². The van der Waals surface area contributed by atoms with Crippen LogP contribution in [0.3, 0.4) is 0 Å². The standard InChI is InChI=1S/C24H25N7O3/c1-16(32)28-18-5-3-6-19(12-18)29-23-26-15-27-24(30-23)31-10-4-7-20(14-31)34-21-9-8-17(13-25)11-22(21)33-2/h3,5-6,8-9,11-12,15,20H,4,7,10,14H2,1-2H3,(H,28,32)(H,26,27,29,30). The first-order chi connectivity index (χ1) is 16.5. The van der Waals surface area contributed by atoms with Crippen molar-refractivity contribution in [3.05, 3.63) is 54.4 Å². The van der Waals surface area contributed by atoms with Crippen molar-refractivity contribution in [2.24, 2.45) is 0 Å². The SMILES string of the molecule is COc1cc(C#N)ccc1OC1CCCN(c2ncnc(Nc3cccc(NC(C)=O)c3)n2)C1. The van der Waals surface area contributed by atoms with E-state index >= 15 is 0 Å².